The van der Waals surface area contributed by atoms with E-state index >= 15 is 0 Å². The number of nitrogens with two attached hydrogens (primary N) is 2. The Labute approximate surface area is 192 Å². The van der Waals surface area contributed by atoms with E-state index in [1.807, 2.05) is 24.3 Å². The van der Waals surface area contributed by atoms with Gasteiger partial charge in [-0.05, 0) is 59.5 Å². The first-order valence-electron chi connectivity index (χ1n) is 10.2. The summed E-state index contributed by atoms with van der Waals surface area (Å²) in [4.78, 5) is 12.7. The van der Waals surface area contributed by atoms with E-state index < -0.39 is 24.0 Å². The molecule has 0 radical (unpaired) electrons. The molecule has 4 heterocycles. The predicted octanol–water partition coefficient (Wildman–Crippen LogP) is 2.55. The molecule has 5 rings (SSSR count). The quantitative estimate of drug-likeness (QED) is 0.335. The van der Waals surface area contributed by atoms with Crippen LogP contribution < -0.4 is 11.5 Å². The fourth-order valence-corrected chi connectivity index (χ4v) is 4.62. The van der Waals surface area contributed by atoms with Gasteiger partial charge < -0.3 is 31.0 Å². The summed E-state index contributed by atoms with van der Waals surface area (Å²) >= 11 is 3.40. The predicted molar refractivity (Wildman–Crippen MR) is 125 cm³/mol. The molecule has 4 atom stereocenters. The van der Waals surface area contributed by atoms with Crippen molar-refractivity contribution in [2.24, 2.45) is 0 Å². The van der Waals surface area contributed by atoms with Gasteiger partial charge in [-0.1, -0.05) is 12.1 Å². The number of nitrogen functional groups attached to an aromatic ring is 2. The van der Waals surface area contributed by atoms with E-state index in [4.69, 9.17) is 16.2 Å². The average Bonchev–Trinajstić information content (AvgIpc) is 3.28. The summed E-state index contributed by atoms with van der Waals surface area (Å²) in [6, 6.07) is 9.70. The van der Waals surface area contributed by atoms with Gasteiger partial charge in [-0.2, -0.15) is 0 Å². The Morgan fingerprint density at radius 3 is 2.81 bits per heavy atom. The molecule has 1 aromatic carbocycles. The maximum absolute atomic E-state index is 11.1. The molecule has 1 fully saturated rings. The monoisotopic (exact) mass is 498 g/mol. The molecule has 4 aromatic rings. The number of nitrogens with zero attached hydrogens (tertiary/aromatic N) is 4. The molecular formula is C22H23BrN6O3. The van der Waals surface area contributed by atoms with Gasteiger partial charge in [-0.15, -0.1) is 0 Å². The number of aryl methyl sites for hydroxylation is 1. The first-order valence-corrected chi connectivity index (χ1v) is 11.0. The van der Waals surface area contributed by atoms with Gasteiger partial charge in [0, 0.05) is 11.6 Å². The van der Waals surface area contributed by atoms with Crippen molar-refractivity contribution < 1.29 is 14.9 Å². The SMILES string of the molecule is C[C@@]1(O)[C@@H](CCc2ccc3cc(Br)c(N)nc3c2)O[C@@H](n2ccc3c(N)ncnc32)[C@@H]1O. The number of pyridine rings is 1. The van der Waals surface area contributed by atoms with Crippen LogP contribution in [0, 0.1) is 0 Å². The maximum atomic E-state index is 11.1. The second-order valence-electron chi connectivity index (χ2n) is 8.33. The zero-order valence-corrected chi connectivity index (χ0v) is 18.9. The number of aliphatic hydroxyl groups is 2. The molecule has 0 unspecified atom stereocenters. The minimum Gasteiger partial charge on any atom is -0.385 e. The van der Waals surface area contributed by atoms with Crippen LogP contribution in [0.25, 0.3) is 21.9 Å². The highest BCUT2D eigenvalue weighted by molar-refractivity contribution is 9.10. The largest absolute Gasteiger partial charge is 0.385 e. The molecule has 3 aromatic heterocycles. The van der Waals surface area contributed by atoms with Crippen molar-refractivity contribution in [1.82, 2.24) is 19.5 Å². The van der Waals surface area contributed by atoms with E-state index in [9.17, 15) is 10.2 Å². The highest BCUT2D eigenvalue weighted by Crippen LogP contribution is 2.40. The fraction of sp³-hybridized carbons (Fsp3) is 0.318. The molecule has 0 amide bonds. The summed E-state index contributed by atoms with van der Waals surface area (Å²) in [5.74, 6) is 0.785. The number of aliphatic hydroxyl groups excluding tert-OH is 1. The fourth-order valence-electron chi connectivity index (χ4n) is 4.29. The minimum absolute atomic E-state index is 0.349. The van der Waals surface area contributed by atoms with Gasteiger partial charge in [0.1, 0.15) is 35.3 Å². The number of benzene rings is 1. The average molecular weight is 499 g/mol. The van der Waals surface area contributed by atoms with Crippen molar-refractivity contribution in [3.8, 4) is 0 Å². The third-order valence-electron chi connectivity index (χ3n) is 6.20. The minimum atomic E-state index is -1.44. The van der Waals surface area contributed by atoms with E-state index in [2.05, 4.69) is 30.9 Å². The van der Waals surface area contributed by atoms with Crippen LogP contribution in [0.5, 0.6) is 0 Å². The van der Waals surface area contributed by atoms with Gasteiger partial charge in [0.25, 0.3) is 0 Å². The van der Waals surface area contributed by atoms with Crippen LogP contribution in [0.3, 0.4) is 0 Å². The maximum Gasteiger partial charge on any atom is 0.164 e. The van der Waals surface area contributed by atoms with Crippen molar-refractivity contribution in [3.63, 3.8) is 0 Å². The van der Waals surface area contributed by atoms with E-state index in [1.165, 1.54) is 6.33 Å². The molecule has 0 bridgehead atoms. The summed E-state index contributed by atoms with van der Waals surface area (Å²) < 4.78 is 8.59. The number of anilines is 2. The first-order chi connectivity index (χ1) is 15.3. The van der Waals surface area contributed by atoms with Crippen LogP contribution in [0.1, 0.15) is 25.1 Å². The molecule has 32 heavy (non-hydrogen) atoms. The van der Waals surface area contributed by atoms with Gasteiger partial charge in [-0.25, -0.2) is 15.0 Å². The molecule has 9 nitrogen and oxygen atoms in total. The Balaban J connectivity index is 1.38. The van der Waals surface area contributed by atoms with E-state index in [1.54, 1.807) is 23.8 Å². The Morgan fingerprint density at radius 2 is 2.00 bits per heavy atom. The lowest BCUT2D eigenvalue weighted by Gasteiger charge is -2.26. The number of halogens is 1. The standard InChI is InChI=1S/C22H23BrN6O3/c1-22(31)16(5-3-11-2-4-12-9-14(23)19(25)28-15(12)8-11)32-21(17(22)30)29-7-6-13-18(24)26-10-27-20(13)29/h2,4,6-10,16-17,21,30-31H,3,5H2,1H3,(H2,25,28)(H2,24,26,27)/t16-,17+,21-,22-/m1/s1. The van der Waals surface area contributed by atoms with Crippen LogP contribution >= 0.6 is 15.9 Å². The van der Waals surface area contributed by atoms with Crippen molar-refractivity contribution in [3.05, 3.63) is 52.9 Å². The van der Waals surface area contributed by atoms with Gasteiger partial charge in [0.2, 0.25) is 0 Å². The number of hydrogen-bond acceptors (Lipinski definition) is 8. The third-order valence-corrected chi connectivity index (χ3v) is 6.83. The summed E-state index contributed by atoms with van der Waals surface area (Å²) in [5, 5.41) is 23.6. The molecule has 0 spiro atoms. The van der Waals surface area contributed by atoms with Crippen molar-refractivity contribution in [1.29, 1.82) is 0 Å². The number of rotatable bonds is 4. The van der Waals surface area contributed by atoms with Crippen LogP contribution in [0.15, 0.2) is 47.3 Å². The van der Waals surface area contributed by atoms with Crippen molar-refractivity contribution in [2.75, 3.05) is 11.5 Å². The zero-order valence-electron chi connectivity index (χ0n) is 17.3. The second-order valence-corrected chi connectivity index (χ2v) is 9.18. The summed E-state index contributed by atoms with van der Waals surface area (Å²) in [7, 11) is 0. The Morgan fingerprint density at radius 1 is 1.19 bits per heavy atom. The second kappa shape index (κ2) is 7.66. The molecule has 0 saturated carbocycles. The van der Waals surface area contributed by atoms with E-state index in [-0.39, 0.29) is 0 Å². The van der Waals surface area contributed by atoms with Gasteiger partial charge in [0.15, 0.2) is 6.23 Å². The molecule has 1 aliphatic heterocycles. The topological polar surface area (TPSA) is 145 Å². The number of hydrogen-bond donors (Lipinski definition) is 4. The van der Waals surface area contributed by atoms with Gasteiger partial charge >= 0.3 is 0 Å². The molecular weight excluding hydrogens is 476 g/mol. The van der Waals surface area contributed by atoms with Gasteiger partial charge in [-0.3, -0.25) is 0 Å². The molecule has 10 heteroatoms. The van der Waals surface area contributed by atoms with Crippen molar-refractivity contribution >= 4 is 49.5 Å². The number of ether oxygens (including phenoxy) is 1. The third kappa shape index (κ3) is 3.39. The van der Waals surface area contributed by atoms with Gasteiger partial charge in [0.05, 0.1) is 21.5 Å². The normalized spacial score (nSPS) is 25.7. The lowest BCUT2D eigenvalue weighted by Crippen LogP contribution is -2.44. The summed E-state index contributed by atoms with van der Waals surface area (Å²) in [6.07, 6.45) is 1.72. The molecule has 1 aliphatic rings. The Kier molecular flexibility index (Phi) is 5.05. The van der Waals surface area contributed by atoms with Crippen LogP contribution in [0.2, 0.25) is 0 Å². The lowest BCUT2D eigenvalue weighted by molar-refractivity contribution is -0.0652. The van der Waals surface area contributed by atoms with Crippen LogP contribution in [-0.2, 0) is 11.2 Å². The highest BCUT2D eigenvalue weighted by Gasteiger charge is 2.52. The number of fused-ring (bicyclic) bond motifs is 2. The first kappa shape index (κ1) is 21.1. The summed E-state index contributed by atoms with van der Waals surface area (Å²) in [6.45, 7) is 1.59. The Hall–Kier alpha value is -2.79. The summed E-state index contributed by atoms with van der Waals surface area (Å²) in [5.41, 5.74) is 12.8. The van der Waals surface area contributed by atoms with E-state index in [0.29, 0.717) is 35.5 Å². The Bertz CT molecular complexity index is 1320. The smallest absolute Gasteiger partial charge is 0.164 e. The van der Waals surface area contributed by atoms with Crippen LogP contribution in [-0.4, -0.2) is 47.5 Å². The highest BCUT2D eigenvalue weighted by atomic mass is 79.9. The zero-order chi connectivity index (χ0) is 22.6. The van der Waals surface area contributed by atoms with E-state index in [0.717, 1.165) is 20.9 Å². The molecule has 0 aliphatic carbocycles. The van der Waals surface area contributed by atoms with Crippen molar-refractivity contribution in [2.45, 2.75) is 43.8 Å². The molecule has 6 N–H and O–H groups in total. The van der Waals surface area contributed by atoms with Crippen LogP contribution in [0.4, 0.5) is 11.6 Å². The lowest BCUT2D eigenvalue weighted by atomic mass is 9.90. The molecule has 1 saturated heterocycles. The number of aromatic nitrogens is 4. The molecule has 166 valence electrons.